The van der Waals surface area contributed by atoms with Gasteiger partial charge in [-0.3, -0.25) is 4.79 Å². The summed E-state index contributed by atoms with van der Waals surface area (Å²) in [4.78, 5) is 13.2. The van der Waals surface area contributed by atoms with E-state index in [1.54, 1.807) is 6.08 Å². The predicted octanol–water partition coefficient (Wildman–Crippen LogP) is 8.77. The van der Waals surface area contributed by atoms with E-state index in [0.717, 1.165) is 35.8 Å². The number of ether oxygens (including phenoxy) is 2. The first-order valence-electron chi connectivity index (χ1n) is 14.7. The topological polar surface area (TPSA) is 35.5 Å². The Hall–Kier alpha value is -1.77. The molecule has 35 heavy (non-hydrogen) atoms. The Bertz CT molecular complexity index is 777. The Morgan fingerprint density at radius 3 is 2.37 bits per heavy atom. The molecule has 0 radical (unpaired) electrons. The van der Waals surface area contributed by atoms with Crippen LogP contribution in [0.4, 0.5) is 0 Å². The maximum atomic E-state index is 13.2. The molecule has 0 bridgehead atoms. The fraction of sp³-hybridized carbons (Fsp3) is 0.719. The number of hydrogen-bond acceptors (Lipinski definition) is 3. The van der Waals surface area contributed by atoms with Crippen LogP contribution in [0.2, 0.25) is 0 Å². The monoisotopic (exact) mass is 480 g/mol. The number of esters is 1. The number of rotatable bonds is 11. The molecule has 3 heteroatoms. The standard InChI is InChI=1S/C32H48O3/c1-3-5-6-7-9-24-12-14-25(15-13-24)26-16-21-30-27(23-26)10-8-11-31(30)32(33)35-29-19-17-28(18-20-29)34-22-4-2/h4,17-20,24-27,30-31H,2-3,5-16,21-23H2,1H3. The second-order valence-corrected chi connectivity index (χ2v) is 11.7. The number of carbonyl (C=O) groups excluding carboxylic acids is 1. The number of benzene rings is 1. The van der Waals surface area contributed by atoms with Gasteiger partial charge in [-0.05, 0) is 92.4 Å². The Morgan fingerprint density at radius 2 is 1.63 bits per heavy atom. The van der Waals surface area contributed by atoms with Crippen LogP contribution in [0.1, 0.15) is 103 Å². The molecule has 3 fully saturated rings. The molecule has 0 heterocycles. The van der Waals surface area contributed by atoms with Crippen LogP contribution in [0, 0.1) is 35.5 Å². The SMILES string of the molecule is C=CCOc1ccc(OC(=O)C2CCCC3CC(C4CCC(CCCCCC)CC4)CCC32)cc1. The molecule has 1 aromatic carbocycles. The summed E-state index contributed by atoms with van der Waals surface area (Å²) in [6, 6.07) is 7.41. The second-order valence-electron chi connectivity index (χ2n) is 11.7. The van der Waals surface area contributed by atoms with Crippen molar-refractivity contribution in [1.29, 1.82) is 0 Å². The molecule has 1 aromatic rings. The first-order valence-corrected chi connectivity index (χ1v) is 14.7. The van der Waals surface area contributed by atoms with Gasteiger partial charge in [-0.15, -0.1) is 0 Å². The summed E-state index contributed by atoms with van der Waals surface area (Å²) >= 11 is 0. The van der Waals surface area contributed by atoms with Crippen LogP contribution in [0.3, 0.4) is 0 Å². The fourth-order valence-electron chi connectivity index (χ4n) is 7.48. The quantitative estimate of drug-likeness (QED) is 0.137. The summed E-state index contributed by atoms with van der Waals surface area (Å²) in [5.41, 5.74) is 0. The fourth-order valence-corrected chi connectivity index (χ4v) is 7.48. The van der Waals surface area contributed by atoms with Crippen molar-refractivity contribution in [1.82, 2.24) is 0 Å². The molecule has 0 aromatic heterocycles. The molecule has 0 aliphatic heterocycles. The summed E-state index contributed by atoms with van der Waals surface area (Å²) < 4.78 is 11.4. The molecular formula is C32H48O3. The van der Waals surface area contributed by atoms with Crippen molar-refractivity contribution in [3.8, 4) is 11.5 Å². The van der Waals surface area contributed by atoms with E-state index in [0.29, 0.717) is 18.3 Å². The van der Waals surface area contributed by atoms with Gasteiger partial charge in [0.05, 0.1) is 5.92 Å². The highest BCUT2D eigenvalue weighted by atomic mass is 16.5. The van der Waals surface area contributed by atoms with Crippen LogP contribution in [-0.4, -0.2) is 12.6 Å². The van der Waals surface area contributed by atoms with Crippen molar-refractivity contribution in [3.63, 3.8) is 0 Å². The van der Waals surface area contributed by atoms with Crippen molar-refractivity contribution in [2.75, 3.05) is 6.61 Å². The van der Waals surface area contributed by atoms with Crippen LogP contribution in [0.25, 0.3) is 0 Å². The number of unbranched alkanes of at least 4 members (excludes halogenated alkanes) is 3. The molecule has 194 valence electrons. The number of hydrogen-bond donors (Lipinski definition) is 0. The predicted molar refractivity (Wildman–Crippen MR) is 144 cm³/mol. The third kappa shape index (κ3) is 7.37. The lowest BCUT2D eigenvalue weighted by Gasteiger charge is -2.46. The van der Waals surface area contributed by atoms with Gasteiger partial charge >= 0.3 is 5.97 Å². The zero-order valence-electron chi connectivity index (χ0n) is 22.1. The Kier molecular flexibility index (Phi) is 10.2. The molecule has 4 unspecified atom stereocenters. The average molecular weight is 481 g/mol. The van der Waals surface area contributed by atoms with Crippen LogP contribution in [0.15, 0.2) is 36.9 Å². The maximum Gasteiger partial charge on any atom is 0.314 e. The molecule has 0 saturated heterocycles. The van der Waals surface area contributed by atoms with Gasteiger partial charge in [0.15, 0.2) is 0 Å². The minimum Gasteiger partial charge on any atom is -0.490 e. The van der Waals surface area contributed by atoms with Gasteiger partial charge in [0, 0.05) is 0 Å². The van der Waals surface area contributed by atoms with E-state index in [-0.39, 0.29) is 11.9 Å². The van der Waals surface area contributed by atoms with E-state index in [4.69, 9.17) is 9.47 Å². The third-order valence-electron chi connectivity index (χ3n) is 9.43. The highest BCUT2D eigenvalue weighted by Crippen LogP contribution is 2.50. The summed E-state index contributed by atoms with van der Waals surface area (Å²) in [5, 5.41) is 0. The number of fused-ring (bicyclic) bond motifs is 1. The van der Waals surface area contributed by atoms with Crippen molar-refractivity contribution in [2.45, 2.75) is 103 Å². The second kappa shape index (κ2) is 13.5. The van der Waals surface area contributed by atoms with Gasteiger partial charge in [-0.25, -0.2) is 0 Å². The van der Waals surface area contributed by atoms with E-state index >= 15 is 0 Å². The average Bonchev–Trinajstić information content (AvgIpc) is 2.90. The summed E-state index contributed by atoms with van der Waals surface area (Å²) in [6.45, 7) is 6.45. The lowest BCUT2D eigenvalue weighted by atomic mass is 9.59. The minimum atomic E-state index is -0.0125. The molecule has 4 atom stereocenters. The minimum absolute atomic E-state index is 0.0125. The molecule has 3 aliphatic rings. The molecule has 3 aliphatic carbocycles. The molecule has 3 saturated carbocycles. The van der Waals surface area contributed by atoms with Crippen LogP contribution in [-0.2, 0) is 4.79 Å². The number of carbonyl (C=O) groups is 1. The maximum absolute atomic E-state index is 13.2. The molecule has 0 amide bonds. The van der Waals surface area contributed by atoms with E-state index in [2.05, 4.69) is 13.5 Å². The highest BCUT2D eigenvalue weighted by Gasteiger charge is 2.43. The zero-order valence-corrected chi connectivity index (χ0v) is 22.1. The van der Waals surface area contributed by atoms with E-state index < -0.39 is 0 Å². The van der Waals surface area contributed by atoms with E-state index in [1.165, 1.54) is 89.9 Å². The van der Waals surface area contributed by atoms with E-state index in [1.807, 2.05) is 24.3 Å². The molecule has 3 nitrogen and oxygen atoms in total. The van der Waals surface area contributed by atoms with E-state index in [9.17, 15) is 4.79 Å². The Labute approximate surface area is 214 Å². The normalized spacial score (nSPS) is 30.8. The smallest absolute Gasteiger partial charge is 0.314 e. The largest absolute Gasteiger partial charge is 0.490 e. The van der Waals surface area contributed by atoms with Gasteiger partial charge in [0.2, 0.25) is 0 Å². The summed E-state index contributed by atoms with van der Waals surface area (Å²) in [6.07, 6.45) is 22.1. The van der Waals surface area contributed by atoms with Crippen LogP contribution < -0.4 is 9.47 Å². The highest BCUT2D eigenvalue weighted by molar-refractivity contribution is 5.75. The van der Waals surface area contributed by atoms with Gasteiger partial charge < -0.3 is 9.47 Å². The molecule has 0 N–H and O–H groups in total. The summed E-state index contributed by atoms with van der Waals surface area (Å²) in [5.74, 6) is 5.54. The third-order valence-corrected chi connectivity index (χ3v) is 9.43. The molecule has 0 spiro atoms. The van der Waals surface area contributed by atoms with Crippen molar-refractivity contribution in [2.24, 2.45) is 35.5 Å². The first kappa shape index (κ1) is 26.3. The van der Waals surface area contributed by atoms with Crippen molar-refractivity contribution < 1.29 is 14.3 Å². The van der Waals surface area contributed by atoms with Gasteiger partial charge in [-0.2, -0.15) is 0 Å². The van der Waals surface area contributed by atoms with Gasteiger partial charge in [0.25, 0.3) is 0 Å². The lowest BCUT2D eigenvalue weighted by Crippen LogP contribution is -2.40. The van der Waals surface area contributed by atoms with Gasteiger partial charge in [-0.1, -0.05) is 77.4 Å². The molecular weight excluding hydrogens is 432 g/mol. The van der Waals surface area contributed by atoms with Crippen molar-refractivity contribution in [3.05, 3.63) is 36.9 Å². The van der Waals surface area contributed by atoms with Crippen LogP contribution >= 0.6 is 0 Å². The molecule has 4 rings (SSSR count). The zero-order chi connectivity index (χ0) is 24.5. The van der Waals surface area contributed by atoms with Crippen molar-refractivity contribution >= 4 is 5.97 Å². The first-order chi connectivity index (χ1) is 17.2. The Morgan fingerprint density at radius 1 is 0.886 bits per heavy atom. The van der Waals surface area contributed by atoms with Crippen LogP contribution in [0.5, 0.6) is 11.5 Å². The summed E-state index contributed by atoms with van der Waals surface area (Å²) in [7, 11) is 0. The van der Waals surface area contributed by atoms with Gasteiger partial charge in [0.1, 0.15) is 18.1 Å². The Balaban J connectivity index is 1.23. The lowest BCUT2D eigenvalue weighted by molar-refractivity contribution is -0.144.